The van der Waals surface area contributed by atoms with Gasteiger partial charge in [-0.2, -0.15) is 0 Å². The number of benzene rings is 2. The largest absolute Gasteiger partial charge is 0.451 e. The molecule has 3 N–H and O–H groups in total. The van der Waals surface area contributed by atoms with Crippen molar-refractivity contribution in [2.24, 2.45) is 5.73 Å². The smallest absolute Gasteiger partial charge is 0.198 e. The number of nitrogens with one attached hydrogen (secondary N) is 1. The molecule has 0 saturated heterocycles. The average Bonchev–Trinajstić information content (AvgIpc) is 2.42. The van der Waals surface area contributed by atoms with Gasteiger partial charge >= 0.3 is 0 Å². The van der Waals surface area contributed by atoms with Crippen molar-refractivity contribution in [2.45, 2.75) is 0 Å². The van der Waals surface area contributed by atoms with Gasteiger partial charge < -0.3 is 15.4 Å². The summed E-state index contributed by atoms with van der Waals surface area (Å²) in [6, 6.07) is 8.78. The highest BCUT2D eigenvalue weighted by Gasteiger charge is 2.15. The van der Waals surface area contributed by atoms with Crippen LogP contribution in [0.4, 0.5) is 14.5 Å². The summed E-state index contributed by atoms with van der Waals surface area (Å²) in [6.45, 7) is 0. The number of rotatable bonds is 4. The van der Waals surface area contributed by atoms with Crippen molar-refractivity contribution in [3.8, 4) is 11.5 Å². The fourth-order valence-corrected chi connectivity index (χ4v) is 1.76. The third-order valence-electron chi connectivity index (χ3n) is 2.86. The van der Waals surface area contributed by atoms with E-state index in [-0.39, 0.29) is 5.56 Å². The van der Waals surface area contributed by atoms with Crippen LogP contribution < -0.4 is 15.4 Å². The zero-order chi connectivity index (χ0) is 15.6. The second-order valence-electron chi connectivity index (χ2n) is 4.68. The summed E-state index contributed by atoms with van der Waals surface area (Å²) in [4.78, 5) is 1.85. The summed E-state index contributed by atoms with van der Waals surface area (Å²) < 4.78 is 33.1. The predicted molar refractivity (Wildman–Crippen MR) is 78.2 cm³/mol. The molecule has 2 aromatic carbocycles. The summed E-state index contributed by atoms with van der Waals surface area (Å²) in [5.74, 6) is -2.43. The van der Waals surface area contributed by atoms with Crippen LogP contribution in [0.1, 0.15) is 5.56 Å². The predicted octanol–water partition coefficient (Wildman–Crippen LogP) is 3.11. The molecule has 0 atom stereocenters. The molecule has 21 heavy (non-hydrogen) atoms. The van der Waals surface area contributed by atoms with E-state index >= 15 is 0 Å². The molecule has 2 rings (SSSR count). The minimum Gasteiger partial charge on any atom is -0.451 e. The van der Waals surface area contributed by atoms with E-state index in [0.717, 1.165) is 17.8 Å². The van der Waals surface area contributed by atoms with Crippen LogP contribution in [-0.2, 0) is 0 Å². The monoisotopic (exact) mass is 291 g/mol. The average molecular weight is 291 g/mol. The molecule has 0 heterocycles. The van der Waals surface area contributed by atoms with Gasteiger partial charge in [0.05, 0.1) is 0 Å². The van der Waals surface area contributed by atoms with Crippen molar-refractivity contribution in [1.82, 2.24) is 0 Å². The van der Waals surface area contributed by atoms with Crippen LogP contribution in [-0.4, -0.2) is 19.9 Å². The van der Waals surface area contributed by atoms with Gasteiger partial charge in [-0.15, -0.1) is 0 Å². The lowest BCUT2D eigenvalue weighted by atomic mass is 10.2. The first kappa shape index (κ1) is 14.8. The molecule has 0 unspecified atom stereocenters. The van der Waals surface area contributed by atoms with Crippen molar-refractivity contribution in [1.29, 1.82) is 5.41 Å². The van der Waals surface area contributed by atoms with Crippen molar-refractivity contribution >= 4 is 11.5 Å². The third-order valence-corrected chi connectivity index (χ3v) is 2.86. The van der Waals surface area contributed by atoms with Gasteiger partial charge in [-0.3, -0.25) is 5.41 Å². The van der Waals surface area contributed by atoms with Crippen molar-refractivity contribution in [3.05, 3.63) is 53.6 Å². The maximum Gasteiger partial charge on any atom is 0.198 e. The van der Waals surface area contributed by atoms with E-state index in [4.69, 9.17) is 15.9 Å². The Morgan fingerprint density at radius 1 is 1.14 bits per heavy atom. The fraction of sp³-hybridized carbons (Fsp3) is 0.133. The second kappa shape index (κ2) is 5.78. The molecule has 0 aliphatic carbocycles. The Bertz CT molecular complexity index is 663. The molecule has 0 spiro atoms. The molecule has 0 amide bonds. The molecule has 0 bridgehead atoms. The maximum absolute atomic E-state index is 13.9. The first-order valence-corrected chi connectivity index (χ1v) is 6.17. The van der Waals surface area contributed by atoms with Gasteiger partial charge in [0, 0.05) is 31.4 Å². The third kappa shape index (κ3) is 3.28. The Morgan fingerprint density at radius 3 is 2.29 bits per heavy atom. The number of hydrogen-bond donors (Lipinski definition) is 2. The van der Waals surface area contributed by atoms with Crippen LogP contribution in [0.5, 0.6) is 11.5 Å². The van der Waals surface area contributed by atoms with Crippen molar-refractivity contribution in [2.75, 3.05) is 19.0 Å². The van der Waals surface area contributed by atoms with Crippen LogP contribution in [0.2, 0.25) is 0 Å². The van der Waals surface area contributed by atoms with Crippen LogP contribution in [0.25, 0.3) is 0 Å². The molecule has 0 aliphatic rings. The summed E-state index contributed by atoms with van der Waals surface area (Å²) in [5, 5.41) is 7.19. The van der Waals surface area contributed by atoms with Crippen molar-refractivity contribution in [3.63, 3.8) is 0 Å². The highest BCUT2D eigenvalue weighted by Crippen LogP contribution is 2.30. The van der Waals surface area contributed by atoms with E-state index < -0.39 is 23.2 Å². The van der Waals surface area contributed by atoms with E-state index in [2.05, 4.69) is 0 Å². The normalized spacial score (nSPS) is 10.3. The van der Waals surface area contributed by atoms with Gasteiger partial charge in [-0.05, 0) is 24.3 Å². The van der Waals surface area contributed by atoms with Gasteiger partial charge in [-0.1, -0.05) is 6.07 Å². The zero-order valence-corrected chi connectivity index (χ0v) is 11.7. The van der Waals surface area contributed by atoms with Crippen LogP contribution in [0.3, 0.4) is 0 Å². The first-order chi connectivity index (χ1) is 9.88. The van der Waals surface area contributed by atoms with E-state index in [1.54, 1.807) is 18.2 Å². The number of nitrogens with zero attached hydrogens (tertiary/aromatic N) is 1. The lowest BCUT2D eigenvalue weighted by Gasteiger charge is -2.14. The van der Waals surface area contributed by atoms with Crippen LogP contribution in [0, 0.1) is 17.0 Å². The lowest BCUT2D eigenvalue weighted by molar-refractivity contribution is 0.407. The Balaban J connectivity index is 2.36. The van der Waals surface area contributed by atoms with Gasteiger partial charge in [0.15, 0.2) is 17.4 Å². The number of halogens is 2. The van der Waals surface area contributed by atoms with Crippen LogP contribution in [0.15, 0.2) is 36.4 Å². The van der Waals surface area contributed by atoms with E-state index in [9.17, 15) is 8.78 Å². The summed E-state index contributed by atoms with van der Waals surface area (Å²) >= 11 is 0. The van der Waals surface area contributed by atoms with Gasteiger partial charge in [0.25, 0.3) is 0 Å². The number of nitrogen functional groups attached to an aromatic ring is 1. The molecule has 0 aliphatic heterocycles. The first-order valence-electron chi connectivity index (χ1n) is 6.17. The van der Waals surface area contributed by atoms with E-state index in [1.807, 2.05) is 25.1 Å². The van der Waals surface area contributed by atoms with Crippen molar-refractivity contribution < 1.29 is 13.5 Å². The Hall–Kier alpha value is -2.63. The molecule has 4 nitrogen and oxygen atoms in total. The standard InChI is InChI=1S/C15H15F2N3O/c1-20(2)10-4-3-5-11(8-10)21-14-12(16)6-9(15(18)19)7-13(14)17/h3-8H,1-2H3,(H3,18,19). The maximum atomic E-state index is 13.9. The Morgan fingerprint density at radius 2 is 1.76 bits per heavy atom. The molecular weight excluding hydrogens is 276 g/mol. The number of nitrogens with two attached hydrogens (primary N) is 1. The topological polar surface area (TPSA) is 62.3 Å². The molecule has 0 fully saturated rings. The fourth-order valence-electron chi connectivity index (χ4n) is 1.76. The number of anilines is 1. The van der Waals surface area contributed by atoms with Gasteiger partial charge in [0.2, 0.25) is 0 Å². The molecule has 0 aromatic heterocycles. The van der Waals surface area contributed by atoms with Gasteiger partial charge in [0.1, 0.15) is 11.6 Å². The van der Waals surface area contributed by atoms with E-state index in [0.29, 0.717) is 5.75 Å². The molecule has 2 aromatic rings. The number of amidine groups is 1. The molecule has 110 valence electrons. The van der Waals surface area contributed by atoms with E-state index in [1.165, 1.54) is 0 Å². The molecular formula is C15H15F2N3O. The Kier molecular flexibility index (Phi) is 4.07. The summed E-state index contributed by atoms with van der Waals surface area (Å²) in [7, 11) is 3.70. The minimum atomic E-state index is -0.907. The number of ether oxygens (including phenoxy) is 1. The SMILES string of the molecule is CN(C)c1cccc(Oc2c(F)cc(C(=N)N)cc2F)c1. The second-order valence-corrected chi connectivity index (χ2v) is 4.68. The minimum absolute atomic E-state index is 0.0283. The molecule has 0 radical (unpaired) electrons. The van der Waals surface area contributed by atoms with Crippen LogP contribution >= 0.6 is 0 Å². The molecule has 0 saturated carbocycles. The summed E-state index contributed by atoms with van der Waals surface area (Å²) in [5.41, 5.74) is 6.02. The molecule has 6 heteroatoms. The quantitative estimate of drug-likeness (QED) is 0.672. The Labute approximate surface area is 121 Å². The lowest BCUT2D eigenvalue weighted by Crippen LogP contribution is -2.12. The van der Waals surface area contributed by atoms with Gasteiger partial charge in [-0.25, -0.2) is 8.78 Å². The zero-order valence-electron chi connectivity index (χ0n) is 11.7. The number of hydrogen-bond acceptors (Lipinski definition) is 3. The highest BCUT2D eigenvalue weighted by atomic mass is 19.1. The summed E-state index contributed by atoms with van der Waals surface area (Å²) in [6.07, 6.45) is 0. The highest BCUT2D eigenvalue weighted by molar-refractivity contribution is 5.95.